The molecule has 0 aliphatic rings. The van der Waals surface area contributed by atoms with Crippen LogP contribution in [0.4, 0.5) is 0 Å². The molecule has 1 atom stereocenters. The van der Waals surface area contributed by atoms with Crippen LogP contribution in [0.15, 0.2) is 47.2 Å². The number of benzene rings is 1. The van der Waals surface area contributed by atoms with E-state index in [1.165, 1.54) is 0 Å². The van der Waals surface area contributed by atoms with Gasteiger partial charge >= 0.3 is 0 Å². The first kappa shape index (κ1) is 13.1. The molecule has 0 aliphatic carbocycles. The highest BCUT2D eigenvalue weighted by atomic mass is 79.9. The van der Waals surface area contributed by atoms with Gasteiger partial charge in [0.25, 0.3) is 0 Å². The Labute approximate surface area is 115 Å². The van der Waals surface area contributed by atoms with Crippen molar-refractivity contribution >= 4 is 15.9 Å². The molecule has 2 rings (SSSR count). The molecule has 3 nitrogen and oxygen atoms in total. The highest BCUT2D eigenvalue weighted by molar-refractivity contribution is 9.10. The van der Waals surface area contributed by atoms with Gasteiger partial charge in [-0.15, -0.1) is 0 Å². The second-order valence-corrected chi connectivity index (χ2v) is 4.91. The van der Waals surface area contributed by atoms with Gasteiger partial charge in [0, 0.05) is 22.9 Å². The molecule has 2 N–H and O–H groups in total. The van der Waals surface area contributed by atoms with Gasteiger partial charge in [-0.1, -0.05) is 22.0 Å². The van der Waals surface area contributed by atoms with E-state index in [2.05, 4.69) is 20.9 Å². The van der Waals surface area contributed by atoms with Crippen molar-refractivity contribution < 1.29 is 4.74 Å². The normalized spacial score (nSPS) is 12.2. The predicted octanol–water partition coefficient (Wildman–Crippen LogP) is 3.10. The van der Waals surface area contributed by atoms with E-state index < -0.39 is 0 Å². The average Bonchev–Trinajstić information content (AvgIpc) is 2.42. The third-order valence-electron chi connectivity index (χ3n) is 2.81. The van der Waals surface area contributed by atoms with E-state index >= 15 is 0 Å². The quantitative estimate of drug-likeness (QED) is 0.944. The van der Waals surface area contributed by atoms with Gasteiger partial charge in [-0.2, -0.15) is 0 Å². The van der Waals surface area contributed by atoms with Crippen molar-refractivity contribution in [2.45, 2.75) is 12.5 Å². The maximum Gasteiger partial charge on any atom is 0.119 e. The number of halogens is 1. The van der Waals surface area contributed by atoms with Crippen molar-refractivity contribution in [1.29, 1.82) is 0 Å². The lowest BCUT2D eigenvalue weighted by Gasteiger charge is -2.13. The number of hydrogen-bond donors (Lipinski definition) is 1. The Kier molecular flexibility index (Phi) is 4.33. The van der Waals surface area contributed by atoms with Crippen LogP contribution in [0.25, 0.3) is 0 Å². The Hall–Kier alpha value is -1.39. The number of hydrogen-bond acceptors (Lipinski definition) is 3. The van der Waals surface area contributed by atoms with Crippen molar-refractivity contribution in [3.63, 3.8) is 0 Å². The van der Waals surface area contributed by atoms with E-state index in [1.807, 2.05) is 30.3 Å². The van der Waals surface area contributed by atoms with E-state index in [4.69, 9.17) is 10.5 Å². The highest BCUT2D eigenvalue weighted by Crippen LogP contribution is 2.26. The SMILES string of the molecule is COc1ccc(Br)c(CC(N)c2cccnc2)c1. The van der Waals surface area contributed by atoms with Crippen LogP contribution in [0.5, 0.6) is 5.75 Å². The van der Waals surface area contributed by atoms with Crippen molar-refractivity contribution in [3.8, 4) is 5.75 Å². The average molecular weight is 307 g/mol. The van der Waals surface area contributed by atoms with Crippen molar-refractivity contribution in [3.05, 3.63) is 58.3 Å². The Balaban J connectivity index is 2.18. The fourth-order valence-corrected chi connectivity index (χ4v) is 2.19. The smallest absolute Gasteiger partial charge is 0.119 e. The Morgan fingerprint density at radius 3 is 2.89 bits per heavy atom. The second kappa shape index (κ2) is 5.98. The van der Waals surface area contributed by atoms with Crippen LogP contribution < -0.4 is 10.5 Å². The van der Waals surface area contributed by atoms with Gasteiger partial charge in [0.2, 0.25) is 0 Å². The lowest BCUT2D eigenvalue weighted by atomic mass is 10.0. The number of nitrogens with two attached hydrogens (primary N) is 1. The molecule has 1 unspecified atom stereocenters. The molecule has 0 radical (unpaired) electrons. The number of aromatic nitrogens is 1. The van der Waals surface area contributed by atoms with Crippen LogP contribution in [0.1, 0.15) is 17.2 Å². The van der Waals surface area contributed by atoms with E-state index in [-0.39, 0.29) is 6.04 Å². The van der Waals surface area contributed by atoms with Gasteiger partial charge in [-0.25, -0.2) is 0 Å². The predicted molar refractivity (Wildman–Crippen MR) is 75.6 cm³/mol. The van der Waals surface area contributed by atoms with Gasteiger partial charge < -0.3 is 10.5 Å². The van der Waals surface area contributed by atoms with Gasteiger partial charge in [0.05, 0.1) is 7.11 Å². The number of methoxy groups -OCH3 is 1. The van der Waals surface area contributed by atoms with Crippen LogP contribution in [0.3, 0.4) is 0 Å². The molecule has 0 spiro atoms. The third kappa shape index (κ3) is 3.09. The first-order valence-corrected chi connectivity index (χ1v) is 6.48. The van der Waals surface area contributed by atoms with E-state index in [0.29, 0.717) is 0 Å². The van der Waals surface area contributed by atoms with E-state index in [9.17, 15) is 0 Å². The summed E-state index contributed by atoms with van der Waals surface area (Å²) in [7, 11) is 1.66. The zero-order valence-electron chi connectivity index (χ0n) is 10.1. The fourth-order valence-electron chi connectivity index (χ4n) is 1.78. The standard InChI is InChI=1S/C14H15BrN2O/c1-18-12-4-5-13(15)11(7-12)8-14(16)10-3-2-6-17-9-10/h2-7,9,14H,8,16H2,1H3. The maximum atomic E-state index is 6.19. The lowest BCUT2D eigenvalue weighted by Crippen LogP contribution is -2.13. The summed E-state index contributed by atoms with van der Waals surface area (Å²) in [6.45, 7) is 0. The number of rotatable bonds is 4. The minimum Gasteiger partial charge on any atom is -0.497 e. The molecule has 1 heterocycles. The summed E-state index contributed by atoms with van der Waals surface area (Å²) >= 11 is 3.53. The number of pyridine rings is 1. The Morgan fingerprint density at radius 1 is 1.39 bits per heavy atom. The summed E-state index contributed by atoms with van der Waals surface area (Å²) in [4.78, 5) is 4.09. The fraction of sp³-hybridized carbons (Fsp3) is 0.214. The molecule has 0 bridgehead atoms. The number of ether oxygens (including phenoxy) is 1. The van der Waals surface area contributed by atoms with Gasteiger partial charge in [0.1, 0.15) is 5.75 Å². The molecule has 94 valence electrons. The van der Waals surface area contributed by atoms with Gasteiger partial charge in [0.15, 0.2) is 0 Å². The monoisotopic (exact) mass is 306 g/mol. The van der Waals surface area contributed by atoms with Crippen LogP contribution in [0, 0.1) is 0 Å². The molecule has 18 heavy (non-hydrogen) atoms. The Bertz CT molecular complexity index is 516. The third-order valence-corrected chi connectivity index (χ3v) is 3.58. The van der Waals surface area contributed by atoms with Gasteiger partial charge in [-0.05, 0) is 41.8 Å². The molecule has 0 amide bonds. The molecular formula is C14H15BrN2O. The summed E-state index contributed by atoms with van der Waals surface area (Å²) in [5, 5.41) is 0. The summed E-state index contributed by atoms with van der Waals surface area (Å²) in [5.41, 5.74) is 8.35. The van der Waals surface area contributed by atoms with Crippen molar-refractivity contribution in [2.75, 3.05) is 7.11 Å². The summed E-state index contributed by atoms with van der Waals surface area (Å²) in [6, 6.07) is 9.72. The summed E-state index contributed by atoms with van der Waals surface area (Å²) in [6.07, 6.45) is 4.29. The van der Waals surface area contributed by atoms with Crippen LogP contribution in [-0.2, 0) is 6.42 Å². The molecule has 0 aliphatic heterocycles. The largest absolute Gasteiger partial charge is 0.497 e. The lowest BCUT2D eigenvalue weighted by molar-refractivity contribution is 0.414. The van der Waals surface area contributed by atoms with Crippen LogP contribution in [0.2, 0.25) is 0 Å². The molecule has 1 aromatic heterocycles. The molecular weight excluding hydrogens is 292 g/mol. The molecule has 0 saturated carbocycles. The van der Waals surface area contributed by atoms with E-state index in [0.717, 1.165) is 27.8 Å². The van der Waals surface area contributed by atoms with E-state index in [1.54, 1.807) is 19.5 Å². The van der Waals surface area contributed by atoms with Crippen LogP contribution >= 0.6 is 15.9 Å². The van der Waals surface area contributed by atoms with Crippen LogP contribution in [-0.4, -0.2) is 12.1 Å². The van der Waals surface area contributed by atoms with Crippen molar-refractivity contribution in [2.24, 2.45) is 5.73 Å². The first-order valence-electron chi connectivity index (χ1n) is 5.68. The number of nitrogens with zero attached hydrogens (tertiary/aromatic N) is 1. The van der Waals surface area contributed by atoms with Gasteiger partial charge in [-0.3, -0.25) is 4.98 Å². The molecule has 4 heteroatoms. The first-order chi connectivity index (χ1) is 8.70. The molecule has 2 aromatic rings. The topological polar surface area (TPSA) is 48.1 Å². The second-order valence-electron chi connectivity index (χ2n) is 4.05. The van der Waals surface area contributed by atoms with Crippen molar-refractivity contribution in [1.82, 2.24) is 4.98 Å². The zero-order valence-corrected chi connectivity index (χ0v) is 11.7. The molecule has 1 aromatic carbocycles. The zero-order chi connectivity index (χ0) is 13.0. The highest BCUT2D eigenvalue weighted by Gasteiger charge is 2.10. The Morgan fingerprint density at radius 2 is 2.22 bits per heavy atom. The molecule has 0 fully saturated rings. The minimum atomic E-state index is -0.0675. The minimum absolute atomic E-state index is 0.0675. The maximum absolute atomic E-state index is 6.19. The summed E-state index contributed by atoms with van der Waals surface area (Å²) in [5.74, 6) is 0.839. The molecule has 0 saturated heterocycles. The summed E-state index contributed by atoms with van der Waals surface area (Å²) < 4.78 is 6.27.